The van der Waals surface area contributed by atoms with Gasteiger partial charge in [-0.15, -0.1) is 24.4 Å². The summed E-state index contributed by atoms with van der Waals surface area (Å²) in [7, 11) is 1.88. The molecule has 36 heavy (non-hydrogen) atoms. The molecule has 0 radical (unpaired) electrons. The number of aliphatic hydroxyl groups is 1. The highest BCUT2D eigenvalue weighted by molar-refractivity contribution is 8.02. The number of hydrogen-bond donors (Lipinski definition) is 5. The molecular weight excluding hydrogens is 492 g/mol. The minimum atomic E-state index is -0.692. The number of carbonyl (C=O) groups excluding carboxylic acids is 1. The Bertz CT molecular complexity index is 1220. The summed E-state index contributed by atoms with van der Waals surface area (Å²) in [6, 6.07) is 13.6. The van der Waals surface area contributed by atoms with E-state index in [4.69, 9.17) is 10.2 Å². The molecule has 0 aliphatic carbocycles. The molecule has 3 aromatic rings. The number of benzene rings is 2. The van der Waals surface area contributed by atoms with Gasteiger partial charge >= 0.3 is 0 Å². The topological polar surface area (TPSA) is 113 Å². The monoisotopic (exact) mass is 524 g/mol. The number of carbonyl (C=O) groups is 1. The Morgan fingerprint density at radius 2 is 2.11 bits per heavy atom. The molecule has 0 fully saturated rings. The number of nitrogens with two attached hydrogens (primary N) is 1. The van der Waals surface area contributed by atoms with E-state index in [0.29, 0.717) is 18.7 Å². The number of aliphatic imine (C=N–C) groups is 1. The van der Waals surface area contributed by atoms with E-state index in [9.17, 15) is 9.90 Å². The van der Waals surface area contributed by atoms with Crippen LogP contribution >= 0.6 is 24.4 Å². The molecular formula is C27H32N4O3S2. The van der Waals surface area contributed by atoms with Gasteiger partial charge in [-0.1, -0.05) is 12.1 Å². The minimum Gasteiger partial charge on any atom is -0.472 e. The van der Waals surface area contributed by atoms with E-state index in [1.165, 1.54) is 0 Å². The van der Waals surface area contributed by atoms with Gasteiger partial charge in [0, 0.05) is 52.8 Å². The molecule has 4 rings (SSSR count). The van der Waals surface area contributed by atoms with Gasteiger partial charge in [-0.05, 0) is 61.6 Å². The molecule has 1 aliphatic heterocycles. The highest BCUT2D eigenvalue weighted by atomic mass is 32.2. The van der Waals surface area contributed by atoms with Gasteiger partial charge in [0.05, 0.1) is 23.8 Å². The molecule has 2 aromatic carbocycles. The van der Waals surface area contributed by atoms with Crippen molar-refractivity contribution in [2.45, 2.75) is 36.1 Å². The van der Waals surface area contributed by atoms with Crippen molar-refractivity contribution in [3.8, 4) is 11.1 Å². The van der Waals surface area contributed by atoms with Gasteiger partial charge in [0.25, 0.3) is 0 Å². The maximum Gasteiger partial charge on any atom is 0.166 e. The SMILES string of the molecule is CNc1cc(C=NCCC(C)(C)O)c(S)cc1-c1ccoc1.Nc1cccc(C2NC(C=O)=CS2)c1. The van der Waals surface area contributed by atoms with E-state index in [1.807, 2.05) is 54.9 Å². The Kier molecular flexibility index (Phi) is 9.69. The van der Waals surface area contributed by atoms with Crippen molar-refractivity contribution < 1.29 is 14.3 Å². The van der Waals surface area contributed by atoms with Crippen LogP contribution in [0.2, 0.25) is 0 Å². The van der Waals surface area contributed by atoms with Gasteiger partial charge in [0.15, 0.2) is 6.29 Å². The molecule has 1 aromatic heterocycles. The summed E-state index contributed by atoms with van der Waals surface area (Å²) in [5.74, 6) is 0. The third kappa shape index (κ3) is 7.94. The van der Waals surface area contributed by atoms with Crippen LogP contribution in [-0.2, 0) is 4.79 Å². The molecule has 2 heterocycles. The zero-order valence-electron chi connectivity index (χ0n) is 20.6. The molecule has 1 atom stereocenters. The maximum atomic E-state index is 10.5. The number of furan rings is 1. The normalized spacial score (nSPS) is 15.1. The van der Waals surface area contributed by atoms with Crippen LogP contribution < -0.4 is 16.4 Å². The van der Waals surface area contributed by atoms with E-state index in [1.54, 1.807) is 44.4 Å². The van der Waals surface area contributed by atoms with Crippen molar-refractivity contribution in [1.82, 2.24) is 5.32 Å². The zero-order chi connectivity index (χ0) is 26.1. The summed E-state index contributed by atoms with van der Waals surface area (Å²) in [5, 5.41) is 17.9. The van der Waals surface area contributed by atoms with Gasteiger partial charge in [0.2, 0.25) is 0 Å². The second kappa shape index (κ2) is 12.7. The summed E-state index contributed by atoms with van der Waals surface area (Å²) < 4.78 is 5.15. The lowest BCUT2D eigenvalue weighted by Crippen LogP contribution is -2.19. The molecule has 1 unspecified atom stereocenters. The summed E-state index contributed by atoms with van der Waals surface area (Å²) >= 11 is 6.12. The van der Waals surface area contributed by atoms with Crippen LogP contribution in [0.25, 0.3) is 11.1 Å². The predicted octanol–water partition coefficient (Wildman–Crippen LogP) is 5.50. The average Bonchev–Trinajstić information content (AvgIpc) is 3.55. The first-order valence-corrected chi connectivity index (χ1v) is 12.8. The van der Waals surface area contributed by atoms with E-state index in [-0.39, 0.29) is 5.37 Å². The van der Waals surface area contributed by atoms with Crippen LogP contribution in [0, 0.1) is 0 Å². The second-order valence-electron chi connectivity index (χ2n) is 8.84. The number of allylic oxidation sites excluding steroid dienone is 1. The number of nitrogen functional groups attached to an aromatic ring is 1. The molecule has 9 heteroatoms. The highest BCUT2D eigenvalue weighted by Crippen LogP contribution is 2.34. The third-order valence-electron chi connectivity index (χ3n) is 5.32. The number of hydrogen-bond acceptors (Lipinski definition) is 9. The van der Waals surface area contributed by atoms with Gasteiger partial charge in [-0.2, -0.15) is 0 Å². The Morgan fingerprint density at radius 3 is 2.72 bits per heavy atom. The number of aldehydes is 1. The Balaban J connectivity index is 0.000000221. The number of nitrogens with zero attached hydrogens (tertiary/aromatic N) is 1. The predicted molar refractivity (Wildman–Crippen MR) is 153 cm³/mol. The fourth-order valence-electron chi connectivity index (χ4n) is 3.38. The molecule has 7 nitrogen and oxygen atoms in total. The largest absolute Gasteiger partial charge is 0.472 e. The Labute approximate surface area is 221 Å². The summed E-state index contributed by atoms with van der Waals surface area (Å²) in [5.41, 5.74) is 11.4. The van der Waals surface area contributed by atoms with E-state index in [2.05, 4.69) is 28.3 Å². The standard InChI is InChI=1S/C17H22N2O2S.C10H10N2OS/c1-17(2,20)5-6-19-10-13-8-15(18-3)14(9-16(13)22)12-4-7-21-11-12;11-8-3-1-2-7(4-8)10-12-9(5-13)6-14-10/h4,7-11,18,20,22H,5-6H2,1-3H3;1-6,10,12H,11H2. The van der Waals surface area contributed by atoms with Gasteiger partial charge in [-0.25, -0.2) is 0 Å². The van der Waals surface area contributed by atoms with Crippen molar-refractivity contribution in [3.63, 3.8) is 0 Å². The molecule has 0 saturated heterocycles. The summed E-state index contributed by atoms with van der Waals surface area (Å²) in [4.78, 5) is 15.7. The zero-order valence-corrected chi connectivity index (χ0v) is 22.3. The first-order valence-electron chi connectivity index (χ1n) is 11.4. The van der Waals surface area contributed by atoms with Crippen LogP contribution in [0.3, 0.4) is 0 Å². The lowest BCUT2D eigenvalue weighted by atomic mass is 10.0. The van der Waals surface area contributed by atoms with E-state index in [0.717, 1.165) is 44.8 Å². The van der Waals surface area contributed by atoms with Gasteiger partial charge in [-0.3, -0.25) is 9.79 Å². The Morgan fingerprint density at radius 1 is 1.31 bits per heavy atom. The number of anilines is 2. The number of nitrogens with one attached hydrogen (secondary N) is 2. The van der Waals surface area contributed by atoms with Crippen LogP contribution in [0.5, 0.6) is 0 Å². The lowest BCUT2D eigenvalue weighted by molar-refractivity contribution is -0.105. The molecule has 0 amide bonds. The minimum absolute atomic E-state index is 0.110. The fraction of sp³-hybridized carbons (Fsp3) is 0.259. The van der Waals surface area contributed by atoms with Crippen molar-refractivity contribution in [3.05, 3.63) is 77.2 Å². The molecule has 1 aliphatic rings. The quantitative estimate of drug-likeness (QED) is 0.114. The maximum absolute atomic E-state index is 10.5. The average molecular weight is 525 g/mol. The number of rotatable bonds is 8. The highest BCUT2D eigenvalue weighted by Gasteiger charge is 2.17. The van der Waals surface area contributed by atoms with Crippen LogP contribution in [0.15, 0.2) is 80.4 Å². The van der Waals surface area contributed by atoms with Crippen molar-refractivity contribution in [2.75, 3.05) is 24.6 Å². The number of thioether (sulfide) groups is 1. The molecule has 5 N–H and O–H groups in total. The third-order valence-corrected chi connectivity index (χ3v) is 6.76. The molecule has 0 bridgehead atoms. The molecule has 0 spiro atoms. The molecule has 190 valence electrons. The summed E-state index contributed by atoms with van der Waals surface area (Å²) in [6.07, 6.45) is 6.60. The second-order valence-corrected chi connectivity index (χ2v) is 10.3. The summed E-state index contributed by atoms with van der Waals surface area (Å²) in [6.45, 7) is 4.14. The van der Waals surface area contributed by atoms with E-state index >= 15 is 0 Å². The van der Waals surface area contributed by atoms with Crippen LogP contribution in [0.1, 0.15) is 36.8 Å². The fourth-order valence-corrected chi connectivity index (χ4v) is 4.54. The van der Waals surface area contributed by atoms with Crippen molar-refractivity contribution >= 4 is 48.3 Å². The molecule has 0 saturated carbocycles. The van der Waals surface area contributed by atoms with Gasteiger partial charge in [0.1, 0.15) is 5.37 Å². The first kappa shape index (κ1) is 27.4. The first-order chi connectivity index (χ1) is 17.2. The van der Waals surface area contributed by atoms with Crippen molar-refractivity contribution in [1.29, 1.82) is 0 Å². The van der Waals surface area contributed by atoms with Gasteiger partial charge < -0.3 is 25.9 Å². The van der Waals surface area contributed by atoms with E-state index < -0.39 is 5.60 Å². The number of thiol groups is 1. The van der Waals surface area contributed by atoms with Crippen LogP contribution in [0.4, 0.5) is 11.4 Å². The lowest BCUT2D eigenvalue weighted by Gasteiger charge is -2.14. The van der Waals surface area contributed by atoms with Crippen molar-refractivity contribution in [2.24, 2.45) is 4.99 Å². The van der Waals surface area contributed by atoms with Crippen LogP contribution in [-0.4, -0.2) is 36.8 Å². The smallest absolute Gasteiger partial charge is 0.166 e. The Hall–Kier alpha value is -3.14.